The number of amides is 1. The molecule has 0 saturated carbocycles. The van der Waals surface area contributed by atoms with E-state index in [9.17, 15) is 18.4 Å². The van der Waals surface area contributed by atoms with Crippen molar-refractivity contribution in [3.8, 4) is 0 Å². The van der Waals surface area contributed by atoms with Gasteiger partial charge in [-0.1, -0.05) is 18.2 Å². The molecule has 0 saturated heterocycles. The fourth-order valence-corrected chi connectivity index (χ4v) is 4.46. The van der Waals surface area contributed by atoms with E-state index in [4.69, 9.17) is 0 Å². The van der Waals surface area contributed by atoms with Crippen LogP contribution in [-0.2, 0) is 13.0 Å². The van der Waals surface area contributed by atoms with Crippen LogP contribution < -0.4 is 10.5 Å². The van der Waals surface area contributed by atoms with Crippen molar-refractivity contribution in [2.45, 2.75) is 32.4 Å². The second kappa shape index (κ2) is 8.24. The molecule has 0 unspecified atom stereocenters. The number of benzene rings is 2. The van der Waals surface area contributed by atoms with Gasteiger partial charge < -0.3 is 4.90 Å². The van der Waals surface area contributed by atoms with E-state index < -0.39 is 17.3 Å². The molecule has 5 nitrogen and oxygen atoms in total. The maximum atomic E-state index is 14.4. The van der Waals surface area contributed by atoms with Crippen LogP contribution >= 0.6 is 0 Å². The number of aryl methyl sites for hydroxylation is 1. The van der Waals surface area contributed by atoms with Gasteiger partial charge in [0.15, 0.2) is 0 Å². The Morgan fingerprint density at radius 3 is 2.73 bits per heavy atom. The third kappa shape index (κ3) is 3.69. The highest BCUT2D eigenvalue weighted by Crippen LogP contribution is 2.32. The Hall–Kier alpha value is -3.87. The fraction of sp³-hybridized carbons (Fsp3) is 0.192. The van der Waals surface area contributed by atoms with Crippen molar-refractivity contribution in [3.05, 3.63) is 106 Å². The molecule has 0 N–H and O–H groups in total. The summed E-state index contributed by atoms with van der Waals surface area (Å²) in [4.78, 5) is 33.1. The van der Waals surface area contributed by atoms with Crippen LogP contribution in [0.1, 0.15) is 34.8 Å². The summed E-state index contributed by atoms with van der Waals surface area (Å²) in [6.45, 7) is 1.85. The lowest BCUT2D eigenvalue weighted by atomic mass is 9.95. The van der Waals surface area contributed by atoms with E-state index in [1.807, 2.05) is 6.92 Å². The van der Waals surface area contributed by atoms with Gasteiger partial charge in [0, 0.05) is 28.9 Å². The molecule has 33 heavy (non-hydrogen) atoms. The van der Waals surface area contributed by atoms with Crippen LogP contribution in [0.5, 0.6) is 0 Å². The molecule has 2 aromatic heterocycles. The zero-order valence-corrected chi connectivity index (χ0v) is 18.0. The summed E-state index contributed by atoms with van der Waals surface area (Å²) >= 11 is 0. The summed E-state index contributed by atoms with van der Waals surface area (Å²) in [6.07, 6.45) is 2.86. The molecular weight excluding hydrogens is 424 g/mol. The molecule has 7 heteroatoms. The largest absolute Gasteiger partial charge is 0.305 e. The van der Waals surface area contributed by atoms with E-state index in [0.717, 1.165) is 5.56 Å². The molecule has 0 fully saturated rings. The standard InChI is InChI=1S/C26H21F2N3O2/c1-16-8-9-17-13-20(27)10-11-23(17)31(16)26(33)21-14-18-6-4-12-29-24(18)30(25(21)32)15-19-5-2-3-7-22(19)28/h2-7,10-14,16H,8-9,15H2,1H3/t16-/m1/s1. The number of hydrogen-bond acceptors (Lipinski definition) is 3. The molecule has 5 rings (SSSR count). The summed E-state index contributed by atoms with van der Waals surface area (Å²) in [7, 11) is 0. The van der Waals surface area contributed by atoms with Crippen LogP contribution in [0.2, 0.25) is 0 Å². The molecule has 1 atom stereocenters. The number of nitrogens with zero attached hydrogens (tertiary/aromatic N) is 3. The molecule has 2 aromatic carbocycles. The van der Waals surface area contributed by atoms with Gasteiger partial charge in [0.1, 0.15) is 22.8 Å². The van der Waals surface area contributed by atoms with Crippen LogP contribution in [0.3, 0.4) is 0 Å². The van der Waals surface area contributed by atoms with Gasteiger partial charge in [-0.15, -0.1) is 0 Å². The smallest absolute Gasteiger partial charge is 0.265 e. The zero-order chi connectivity index (χ0) is 23.1. The van der Waals surface area contributed by atoms with Gasteiger partial charge in [-0.2, -0.15) is 0 Å². The number of hydrogen-bond donors (Lipinski definition) is 0. The third-order valence-corrected chi connectivity index (χ3v) is 6.16. The van der Waals surface area contributed by atoms with Crippen molar-refractivity contribution < 1.29 is 13.6 Å². The summed E-state index contributed by atoms with van der Waals surface area (Å²) < 4.78 is 29.5. The number of fused-ring (bicyclic) bond motifs is 2. The number of rotatable bonds is 3. The average molecular weight is 445 g/mol. The first kappa shape index (κ1) is 21.0. The van der Waals surface area contributed by atoms with Crippen LogP contribution in [0.4, 0.5) is 14.5 Å². The molecular formula is C26H21F2N3O2. The highest BCUT2D eigenvalue weighted by molar-refractivity contribution is 6.08. The molecule has 0 radical (unpaired) electrons. The molecule has 4 aromatic rings. The normalized spacial score (nSPS) is 15.5. The summed E-state index contributed by atoms with van der Waals surface area (Å²) in [6, 6.07) is 15.4. The number of carbonyl (C=O) groups is 1. The zero-order valence-electron chi connectivity index (χ0n) is 18.0. The fourth-order valence-electron chi connectivity index (χ4n) is 4.46. The van der Waals surface area contributed by atoms with Crippen molar-refractivity contribution >= 4 is 22.6 Å². The topological polar surface area (TPSA) is 55.2 Å². The van der Waals surface area contributed by atoms with Crippen molar-refractivity contribution in [3.63, 3.8) is 0 Å². The van der Waals surface area contributed by atoms with Crippen LogP contribution in [-0.4, -0.2) is 21.5 Å². The molecule has 1 aliphatic rings. The summed E-state index contributed by atoms with van der Waals surface area (Å²) in [5.74, 6) is -1.27. The molecule has 0 aliphatic carbocycles. The lowest BCUT2D eigenvalue weighted by molar-refractivity contribution is 0.0973. The minimum Gasteiger partial charge on any atom is -0.305 e. The number of halogens is 2. The predicted molar refractivity (Wildman–Crippen MR) is 122 cm³/mol. The van der Waals surface area contributed by atoms with Crippen molar-refractivity contribution in [1.82, 2.24) is 9.55 Å². The van der Waals surface area contributed by atoms with Gasteiger partial charge in [0.25, 0.3) is 11.5 Å². The Bertz CT molecular complexity index is 1450. The van der Waals surface area contributed by atoms with Gasteiger partial charge in [-0.3, -0.25) is 14.2 Å². The summed E-state index contributed by atoms with van der Waals surface area (Å²) in [5.41, 5.74) is 1.45. The quantitative estimate of drug-likeness (QED) is 0.459. The number of anilines is 1. The van der Waals surface area contributed by atoms with E-state index in [1.165, 1.54) is 28.8 Å². The highest BCUT2D eigenvalue weighted by atomic mass is 19.1. The monoisotopic (exact) mass is 445 g/mol. The van der Waals surface area contributed by atoms with E-state index in [0.29, 0.717) is 35.1 Å². The van der Waals surface area contributed by atoms with E-state index in [-0.39, 0.29) is 24.0 Å². The lowest BCUT2D eigenvalue weighted by Gasteiger charge is -2.35. The molecule has 166 valence electrons. The van der Waals surface area contributed by atoms with E-state index in [1.54, 1.807) is 47.5 Å². The van der Waals surface area contributed by atoms with Crippen LogP contribution in [0.25, 0.3) is 11.0 Å². The van der Waals surface area contributed by atoms with Crippen molar-refractivity contribution in [1.29, 1.82) is 0 Å². The van der Waals surface area contributed by atoms with Crippen LogP contribution in [0, 0.1) is 11.6 Å². The first-order valence-electron chi connectivity index (χ1n) is 10.8. The van der Waals surface area contributed by atoms with Gasteiger partial charge in [0.05, 0.1) is 6.54 Å². The molecule has 1 amide bonds. The molecule has 3 heterocycles. The van der Waals surface area contributed by atoms with Gasteiger partial charge in [-0.25, -0.2) is 13.8 Å². The maximum absolute atomic E-state index is 14.4. The first-order valence-corrected chi connectivity index (χ1v) is 10.8. The number of carbonyl (C=O) groups excluding carboxylic acids is 1. The second-order valence-electron chi connectivity index (χ2n) is 8.29. The average Bonchev–Trinajstić information content (AvgIpc) is 2.81. The van der Waals surface area contributed by atoms with E-state index >= 15 is 0 Å². The number of aromatic nitrogens is 2. The minimum absolute atomic E-state index is 0.0316. The Labute approximate surface area is 188 Å². The van der Waals surface area contributed by atoms with E-state index in [2.05, 4.69) is 4.98 Å². The Balaban J connectivity index is 1.67. The highest BCUT2D eigenvalue weighted by Gasteiger charge is 2.31. The second-order valence-corrected chi connectivity index (χ2v) is 8.29. The minimum atomic E-state index is -0.545. The summed E-state index contributed by atoms with van der Waals surface area (Å²) in [5, 5.41) is 0.598. The Kier molecular flexibility index (Phi) is 5.24. The molecule has 0 bridgehead atoms. The van der Waals surface area contributed by atoms with Gasteiger partial charge in [-0.05, 0) is 67.8 Å². The van der Waals surface area contributed by atoms with Crippen LogP contribution in [0.15, 0.2) is 71.7 Å². The van der Waals surface area contributed by atoms with Crippen molar-refractivity contribution in [2.24, 2.45) is 0 Å². The third-order valence-electron chi connectivity index (χ3n) is 6.16. The predicted octanol–water partition coefficient (Wildman–Crippen LogP) is 4.70. The maximum Gasteiger partial charge on any atom is 0.265 e. The Morgan fingerprint density at radius 2 is 1.91 bits per heavy atom. The number of pyridine rings is 2. The van der Waals surface area contributed by atoms with Gasteiger partial charge >= 0.3 is 0 Å². The van der Waals surface area contributed by atoms with Crippen molar-refractivity contribution in [2.75, 3.05) is 4.90 Å². The van der Waals surface area contributed by atoms with Gasteiger partial charge in [0.2, 0.25) is 0 Å². The SMILES string of the molecule is C[C@@H]1CCc2cc(F)ccc2N1C(=O)c1cc2cccnc2n(Cc2ccccc2F)c1=O. The molecule has 1 aliphatic heterocycles. The molecule has 0 spiro atoms. The Morgan fingerprint density at radius 1 is 1.09 bits per heavy atom. The lowest BCUT2D eigenvalue weighted by Crippen LogP contribution is -2.44. The first-order chi connectivity index (χ1) is 15.9.